The second-order valence-corrected chi connectivity index (χ2v) is 3.96. The average Bonchev–Trinajstić information content (AvgIpc) is 2.81. The number of non-ortho nitro benzene ring substituents is 1. The number of nitrogen functional groups attached to an aromatic ring is 1. The van der Waals surface area contributed by atoms with E-state index in [0.717, 1.165) is 29.1 Å². The lowest BCUT2D eigenvalue weighted by Gasteiger charge is -2.06. The van der Waals surface area contributed by atoms with Crippen LogP contribution < -0.4 is 5.73 Å². The molecular formula is C12H11FN4O4. The zero-order chi connectivity index (χ0) is 15.6. The van der Waals surface area contributed by atoms with Gasteiger partial charge in [0.2, 0.25) is 0 Å². The third-order valence-electron chi connectivity index (χ3n) is 2.67. The summed E-state index contributed by atoms with van der Waals surface area (Å²) in [5.74, 6) is -1.65. The van der Waals surface area contributed by atoms with Crippen molar-refractivity contribution in [2.24, 2.45) is 0 Å². The summed E-state index contributed by atoms with van der Waals surface area (Å²) in [5, 5.41) is 10.7. The molecule has 1 aromatic carbocycles. The molecule has 0 saturated carbocycles. The maximum Gasteiger partial charge on any atom is 0.360 e. The highest BCUT2D eigenvalue weighted by Crippen LogP contribution is 2.24. The molecule has 2 rings (SSSR count). The Kier molecular flexibility index (Phi) is 3.83. The molecule has 21 heavy (non-hydrogen) atoms. The van der Waals surface area contributed by atoms with E-state index in [9.17, 15) is 19.3 Å². The molecule has 110 valence electrons. The first-order chi connectivity index (χ1) is 9.95. The van der Waals surface area contributed by atoms with Crippen molar-refractivity contribution < 1.29 is 18.8 Å². The molecule has 0 aliphatic heterocycles. The van der Waals surface area contributed by atoms with Gasteiger partial charge in [0.05, 0.1) is 17.2 Å². The van der Waals surface area contributed by atoms with Crippen LogP contribution in [0, 0.1) is 15.9 Å². The molecular weight excluding hydrogens is 283 g/mol. The standard InChI is InChI=1S/C12H11FN4O4/c1-2-21-12(18)10-11(14)16(6-15-10)9-5-7(17(19)20)3-4-8(9)13/h3-6H,2,14H2,1H3. The molecule has 0 radical (unpaired) electrons. The number of esters is 1. The summed E-state index contributed by atoms with van der Waals surface area (Å²) in [6.07, 6.45) is 1.10. The molecule has 0 saturated heterocycles. The Morgan fingerprint density at radius 2 is 2.29 bits per heavy atom. The van der Waals surface area contributed by atoms with Gasteiger partial charge in [-0.15, -0.1) is 0 Å². The third kappa shape index (κ3) is 2.66. The number of aromatic nitrogens is 2. The van der Waals surface area contributed by atoms with Crippen molar-refractivity contribution in [2.45, 2.75) is 6.92 Å². The first-order valence-corrected chi connectivity index (χ1v) is 5.90. The van der Waals surface area contributed by atoms with Crippen LogP contribution in [0.2, 0.25) is 0 Å². The fourth-order valence-electron chi connectivity index (χ4n) is 1.71. The van der Waals surface area contributed by atoms with E-state index in [1.54, 1.807) is 6.92 Å². The van der Waals surface area contributed by atoms with Crippen LogP contribution in [0.5, 0.6) is 0 Å². The second-order valence-electron chi connectivity index (χ2n) is 3.96. The van der Waals surface area contributed by atoms with Crippen molar-refractivity contribution in [3.05, 3.63) is 46.2 Å². The van der Waals surface area contributed by atoms with E-state index in [2.05, 4.69) is 4.98 Å². The van der Waals surface area contributed by atoms with E-state index >= 15 is 0 Å². The number of hydrogen-bond donors (Lipinski definition) is 1. The maximum absolute atomic E-state index is 13.8. The van der Waals surface area contributed by atoms with Crippen LogP contribution in [-0.2, 0) is 4.74 Å². The predicted molar refractivity (Wildman–Crippen MR) is 70.5 cm³/mol. The van der Waals surface area contributed by atoms with Gasteiger partial charge in [0, 0.05) is 12.1 Å². The van der Waals surface area contributed by atoms with Crippen LogP contribution >= 0.6 is 0 Å². The van der Waals surface area contributed by atoms with Crippen LogP contribution in [0.4, 0.5) is 15.9 Å². The fraction of sp³-hybridized carbons (Fsp3) is 0.167. The Labute approximate surface area is 118 Å². The molecule has 2 aromatic rings. The molecule has 0 aliphatic carbocycles. The summed E-state index contributed by atoms with van der Waals surface area (Å²) in [7, 11) is 0. The molecule has 0 bridgehead atoms. The van der Waals surface area contributed by atoms with E-state index < -0.39 is 16.7 Å². The molecule has 0 spiro atoms. The molecule has 2 N–H and O–H groups in total. The van der Waals surface area contributed by atoms with E-state index in [4.69, 9.17) is 10.5 Å². The van der Waals surface area contributed by atoms with Crippen molar-refractivity contribution >= 4 is 17.5 Å². The lowest BCUT2D eigenvalue weighted by molar-refractivity contribution is -0.384. The number of halogens is 1. The zero-order valence-electron chi connectivity index (χ0n) is 10.9. The molecule has 8 nitrogen and oxygen atoms in total. The van der Waals surface area contributed by atoms with Gasteiger partial charge in [0.15, 0.2) is 5.69 Å². The largest absolute Gasteiger partial charge is 0.461 e. The van der Waals surface area contributed by atoms with Gasteiger partial charge in [-0.2, -0.15) is 0 Å². The van der Waals surface area contributed by atoms with Gasteiger partial charge >= 0.3 is 5.97 Å². The quantitative estimate of drug-likeness (QED) is 0.521. The summed E-state index contributed by atoms with van der Waals surface area (Å²) in [6, 6.07) is 2.97. The zero-order valence-corrected chi connectivity index (χ0v) is 10.9. The Bertz CT molecular complexity index is 713. The minimum Gasteiger partial charge on any atom is -0.461 e. The van der Waals surface area contributed by atoms with Crippen molar-refractivity contribution in [3.63, 3.8) is 0 Å². The minimum atomic E-state index is -0.750. The lowest BCUT2D eigenvalue weighted by Crippen LogP contribution is -2.10. The Morgan fingerprint density at radius 3 is 2.90 bits per heavy atom. The number of nitro groups is 1. The lowest BCUT2D eigenvalue weighted by atomic mass is 10.2. The Morgan fingerprint density at radius 1 is 1.57 bits per heavy atom. The topological polar surface area (TPSA) is 113 Å². The van der Waals surface area contributed by atoms with Crippen molar-refractivity contribution in [1.29, 1.82) is 0 Å². The van der Waals surface area contributed by atoms with Gasteiger partial charge in [-0.25, -0.2) is 14.2 Å². The summed E-state index contributed by atoms with van der Waals surface area (Å²) >= 11 is 0. The first kappa shape index (κ1) is 14.4. The van der Waals surface area contributed by atoms with E-state index in [1.807, 2.05) is 0 Å². The van der Waals surface area contributed by atoms with Gasteiger partial charge in [0.1, 0.15) is 18.0 Å². The number of nitrogens with two attached hydrogens (primary N) is 1. The maximum atomic E-state index is 13.8. The second kappa shape index (κ2) is 5.57. The van der Waals surface area contributed by atoms with Gasteiger partial charge < -0.3 is 10.5 Å². The normalized spacial score (nSPS) is 10.4. The number of hydrogen-bond acceptors (Lipinski definition) is 6. The van der Waals surface area contributed by atoms with Crippen LogP contribution in [-0.4, -0.2) is 27.1 Å². The Balaban J connectivity index is 2.50. The summed E-state index contributed by atoms with van der Waals surface area (Å²) in [5.41, 5.74) is 5.06. The molecule has 0 fully saturated rings. The van der Waals surface area contributed by atoms with Gasteiger partial charge in [-0.1, -0.05) is 0 Å². The average molecular weight is 294 g/mol. The summed E-state index contributed by atoms with van der Waals surface area (Å²) in [6.45, 7) is 1.75. The molecule has 0 aliphatic rings. The molecule has 1 aromatic heterocycles. The summed E-state index contributed by atoms with van der Waals surface area (Å²) in [4.78, 5) is 25.4. The number of nitro benzene ring substituents is 1. The van der Waals surface area contributed by atoms with Gasteiger partial charge in [-0.05, 0) is 13.0 Å². The number of nitrogens with zero attached hydrogens (tertiary/aromatic N) is 3. The highest BCUT2D eigenvalue weighted by Gasteiger charge is 2.20. The SMILES string of the molecule is CCOC(=O)c1ncn(-c2cc([N+](=O)[O-])ccc2F)c1N. The monoisotopic (exact) mass is 294 g/mol. The molecule has 0 unspecified atom stereocenters. The number of ether oxygens (including phenoxy) is 1. The van der Waals surface area contributed by atoms with E-state index in [-0.39, 0.29) is 29.5 Å². The van der Waals surface area contributed by atoms with Crippen LogP contribution in [0.3, 0.4) is 0 Å². The number of carbonyl (C=O) groups excluding carboxylic acids is 1. The molecule has 0 amide bonds. The number of benzene rings is 1. The van der Waals surface area contributed by atoms with Crippen molar-refractivity contribution in [3.8, 4) is 5.69 Å². The highest BCUT2D eigenvalue weighted by atomic mass is 19.1. The van der Waals surface area contributed by atoms with Gasteiger partial charge in [-0.3, -0.25) is 14.7 Å². The number of rotatable bonds is 4. The molecule has 9 heteroatoms. The minimum absolute atomic E-state index is 0.135. The molecule has 1 heterocycles. The van der Waals surface area contributed by atoms with Gasteiger partial charge in [0.25, 0.3) is 5.69 Å². The number of imidazole rings is 1. The van der Waals surface area contributed by atoms with Crippen molar-refractivity contribution in [2.75, 3.05) is 12.3 Å². The third-order valence-corrected chi connectivity index (χ3v) is 2.67. The van der Waals surface area contributed by atoms with Crippen molar-refractivity contribution in [1.82, 2.24) is 9.55 Å². The molecule has 0 atom stereocenters. The van der Waals surface area contributed by atoms with Crippen LogP contribution in [0.25, 0.3) is 5.69 Å². The number of anilines is 1. The fourth-order valence-corrected chi connectivity index (χ4v) is 1.71. The smallest absolute Gasteiger partial charge is 0.360 e. The van der Waals surface area contributed by atoms with Crippen LogP contribution in [0.15, 0.2) is 24.5 Å². The van der Waals surface area contributed by atoms with Crippen LogP contribution in [0.1, 0.15) is 17.4 Å². The summed E-state index contributed by atoms with van der Waals surface area (Å²) < 4.78 is 19.6. The highest BCUT2D eigenvalue weighted by molar-refractivity contribution is 5.92. The first-order valence-electron chi connectivity index (χ1n) is 5.90. The number of carbonyl (C=O) groups is 1. The van der Waals surface area contributed by atoms with E-state index in [1.165, 1.54) is 0 Å². The predicted octanol–water partition coefficient (Wildman–Crippen LogP) is 1.68. The van der Waals surface area contributed by atoms with E-state index in [0.29, 0.717) is 0 Å². The Hall–Kier alpha value is -2.97.